The van der Waals surface area contributed by atoms with E-state index < -0.39 is 0 Å². The van der Waals surface area contributed by atoms with Gasteiger partial charge in [0.1, 0.15) is 0 Å². The third-order valence-electron chi connectivity index (χ3n) is 0.914. The summed E-state index contributed by atoms with van der Waals surface area (Å²) in [6, 6.07) is 0. The van der Waals surface area contributed by atoms with Crippen LogP contribution in [-0.2, 0) is 19.3 Å². The average Bonchev–Trinajstić information content (AvgIpc) is 2.20. The molecule has 0 aromatic heterocycles. The topological polar surface area (TPSA) is 51.2 Å². The SMILES string of the molecule is CCON(OCC)OCC.CN(C)C=O. The van der Waals surface area contributed by atoms with E-state index in [-0.39, 0.29) is 0 Å². The van der Waals surface area contributed by atoms with Gasteiger partial charge in [-0.2, -0.15) is 0 Å². The molecule has 6 nitrogen and oxygen atoms in total. The lowest BCUT2D eigenvalue weighted by Gasteiger charge is -2.16. The molecule has 0 rings (SSSR count). The van der Waals surface area contributed by atoms with Crippen LogP contribution in [0.2, 0.25) is 0 Å². The quantitative estimate of drug-likeness (QED) is 0.472. The van der Waals surface area contributed by atoms with Gasteiger partial charge in [0.05, 0.1) is 25.2 Å². The lowest BCUT2D eigenvalue weighted by atomic mass is 10.9. The molecular formula is C9H22N2O4. The van der Waals surface area contributed by atoms with Crippen LogP contribution in [0.15, 0.2) is 0 Å². The first kappa shape index (κ1) is 16.7. The molecule has 92 valence electrons. The Bertz CT molecular complexity index is 119. The molecule has 0 spiro atoms. The van der Waals surface area contributed by atoms with E-state index in [4.69, 9.17) is 14.5 Å². The molecule has 15 heavy (non-hydrogen) atoms. The maximum atomic E-state index is 9.43. The predicted octanol–water partition coefficient (Wildman–Crippen LogP) is 0.847. The van der Waals surface area contributed by atoms with Crippen molar-refractivity contribution in [2.45, 2.75) is 20.8 Å². The van der Waals surface area contributed by atoms with E-state index in [9.17, 15) is 4.79 Å². The van der Waals surface area contributed by atoms with Crippen LogP contribution in [-0.4, -0.2) is 50.6 Å². The fourth-order valence-electron chi connectivity index (χ4n) is 0.428. The van der Waals surface area contributed by atoms with E-state index in [1.165, 1.54) is 4.90 Å². The van der Waals surface area contributed by atoms with Gasteiger partial charge in [-0.05, 0) is 20.8 Å². The maximum Gasteiger partial charge on any atom is 0.209 e. The second-order valence-electron chi connectivity index (χ2n) is 2.55. The van der Waals surface area contributed by atoms with Gasteiger partial charge in [-0.3, -0.25) is 19.3 Å². The molecule has 6 heteroatoms. The Kier molecular flexibility index (Phi) is 14.8. The Labute approximate surface area is 91.5 Å². The molecule has 0 aliphatic heterocycles. The highest BCUT2D eigenvalue weighted by Crippen LogP contribution is 1.92. The maximum absolute atomic E-state index is 9.43. The van der Waals surface area contributed by atoms with E-state index in [1.54, 1.807) is 14.1 Å². The molecule has 0 aromatic rings. The summed E-state index contributed by atoms with van der Waals surface area (Å²) in [6.45, 7) is 7.22. The normalized spacial score (nSPS) is 9.47. The van der Waals surface area contributed by atoms with Crippen molar-refractivity contribution >= 4 is 6.41 Å². The fourth-order valence-corrected chi connectivity index (χ4v) is 0.428. The second-order valence-corrected chi connectivity index (χ2v) is 2.55. The van der Waals surface area contributed by atoms with Crippen LogP contribution in [0.25, 0.3) is 0 Å². The molecule has 0 heterocycles. The third kappa shape index (κ3) is 16.0. The van der Waals surface area contributed by atoms with Crippen molar-refractivity contribution in [3.63, 3.8) is 0 Å². The second kappa shape index (κ2) is 13.3. The Morgan fingerprint density at radius 1 is 0.933 bits per heavy atom. The Morgan fingerprint density at radius 3 is 1.33 bits per heavy atom. The lowest BCUT2D eigenvalue weighted by molar-refractivity contribution is -0.523. The van der Waals surface area contributed by atoms with E-state index in [0.29, 0.717) is 19.8 Å². The van der Waals surface area contributed by atoms with Crippen molar-refractivity contribution in [1.29, 1.82) is 0 Å². The van der Waals surface area contributed by atoms with Crippen LogP contribution >= 0.6 is 0 Å². The summed E-state index contributed by atoms with van der Waals surface area (Å²) in [4.78, 5) is 25.6. The molecule has 0 aromatic carbocycles. The van der Waals surface area contributed by atoms with Crippen LogP contribution in [0, 0.1) is 0 Å². The lowest BCUT2D eigenvalue weighted by Crippen LogP contribution is -2.24. The summed E-state index contributed by atoms with van der Waals surface area (Å²) in [5, 5.41) is 1.04. The van der Waals surface area contributed by atoms with Crippen LogP contribution in [0.5, 0.6) is 0 Å². The minimum Gasteiger partial charge on any atom is -0.351 e. The largest absolute Gasteiger partial charge is 0.351 e. The molecule has 0 N–H and O–H groups in total. The zero-order valence-corrected chi connectivity index (χ0v) is 10.2. The first-order valence-corrected chi connectivity index (χ1v) is 4.92. The van der Waals surface area contributed by atoms with Crippen molar-refractivity contribution in [1.82, 2.24) is 10.3 Å². The van der Waals surface area contributed by atoms with Crippen molar-refractivity contribution in [2.24, 2.45) is 0 Å². The van der Waals surface area contributed by atoms with Gasteiger partial charge < -0.3 is 4.90 Å². The molecule has 0 fully saturated rings. The van der Waals surface area contributed by atoms with E-state index in [0.717, 1.165) is 11.8 Å². The van der Waals surface area contributed by atoms with Gasteiger partial charge in [0, 0.05) is 14.1 Å². The van der Waals surface area contributed by atoms with E-state index in [2.05, 4.69) is 0 Å². The summed E-state index contributed by atoms with van der Waals surface area (Å²) in [7, 11) is 3.38. The van der Waals surface area contributed by atoms with Crippen LogP contribution < -0.4 is 0 Å². The van der Waals surface area contributed by atoms with Gasteiger partial charge in [-0.1, -0.05) is 0 Å². The fraction of sp³-hybridized carbons (Fsp3) is 0.889. The smallest absolute Gasteiger partial charge is 0.209 e. The highest BCUT2D eigenvalue weighted by atomic mass is 17.2. The zero-order valence-electron chi connectivity index (χ0n) is 10.2. The number of carbonyl (C=O) groups excluding carboxylic acids is 1. The van der Waals surface area contributed by atoms with E-state index in [1.807, 2.05) is 20.8 Å². The summed E-state index contributed by atoms with van der Waals surface area (Å²) in [6.07, 6.45) is 0.750. The van der Waals surface area contributed by atoms with Gasteiger partial charge in [-0.15, -0.1) is 0 Å². The van der Waals surface area contributed by atoms with Crippen LogP contribution in [0.4, 0.5) is 0 Å². The minimum atomic E-state index is 0.542. The van der Waals surface area contributed by atoms with Gasteiger partial charge in [0.15, 0.2) is 0 Å². The highest BCUT2D eigenvalue weighted by Gasteiger charge is 2.01. The molecule has 0 unspecified atom stereocenters. The summed E-state index contributed by atoms with van der Waals surface area (Å²) in [5.74, 6) is 0. The first-order valence-electron chi connectivity index (χ1n) is 4.92. The van der Waals surface area contributed by atoms with Gasteiger partial charge in [-0.25, -0.2) is 0 Å². The van der Waals surface area contributed by atoms with Crippen molar-refractivity contribution in [2.75, 3.05) is 33.9 Å². The standard InChI is InChI=1S/C6H15NO3.C3H7NO/c1-4-8-7(9-5-2)10-6-3;1-4(2)3-5/h4-6H2,1-3H3;3H,1-2H3. The Hall–Kier alpha value is -0.690. The minimum absolute atomic E-state index is 0.542. The number of carbonyl (C=O) groups is 1. The predicted molar refractivity (Wildman–Crippen MR) is 56.5 cm³/mol. The highest BCUT2D eigenvalue weighted by molar-refractivity contribution is 5.45. The molecule has 0 saturated carbocycles. The zero-order chi connectivity index (χ0) is 12.1. The van der Waals surface area contributed by atoms with Crippen molar-refractivity contribution < 1.29 is 19.3 Å². The van der Waals surface area contributed by atoms with Gasteiger partial charge >= 0.3 is 0 Å². The summed E-state index contributed by atoms with van der Waals surface area (Å²) >= 11 is 0. The summed E-state index contributed by atoms with van der Waals surface area (Å²) in [5.41, 5.74) is 0. The first-order chi connectivity index (χ1) is 7.12. The number of rotatable bonds is 7. The van der Waals surface area contributed by atoms with E-state index >= 15 is 0 Å². The molecular weight excluding hydrogens is 200 g/mol. The number of amides is 1. The number of nitrogens with zero attached hydrogens (tertiary/aromatic N) is 2. The number of hydrogen-bond donors (Lipinski definition) is 0. The molecule has 0 atom stereocenters. The van der Waals surface area contributed by atoms with Crippen LogP contribution in [0.1, 0.15) is 20.8 Å². The average molecular weight is 222 g/mol. The van der Waals surface area contributed by atoms with Crippen LogP contribution in [0.3, 0.4) is 0 Å². The van der Waals surface area contributed by atoms with Crippen molar-refractivity contribution in [3.05, 3.63) is 0 Å². The molecule has 0 radical (unpaired) electrons. The molecule has 0 aliphatic rings. The van der Waals surface area contributed by atoms with Crippen molar-refractivity contribution in [3.8, 4) is 0 Å². The molecule has 0 saturated heterocycles. The monoisotopic (exact) mass is 222 g/mol. The molecule has 1 amide bonds. The van der Waals surface area contributed by atoms with Gasteiger partial charge in [0.2, 0.25) is 6.41 Å². The Balaban J connectivity index is 0. The summed E-state index contributed by atoms with van der Waals surface area (Å²) < 4.78 is 0. The molecule has 0 bridgehead atoms. The number of hydrogen-bond acceptors (Lipinski definition) is 5. The molecule has 0 aliphatic carbocycles. The Morgan fingerprint density at radius 2 is 1.20 bits per heavy atom. The third-order valence-corrected chi connectivity index (χ3v) is 0.914. The van der Waals surface area contributed by atoms with Gasteiger partial charge in [0.25, 0.3) is 0 Å².